The molecule has 0 amide bonds. The molecular formula is C24H20N2O3. The van der Waals surface area contributed by atoms with Crippen LogP contribution in [0.1, 0.15) is 15.9 Å². The van der Waals surface area contributed by atoms with E-state index < -0.39 is 0 Å². The maximum absolute atomic E-state index is 12.8. The molecule has 0 radical (unpaired) electrons. The minimum atomic E-state index is -0.103. The van der Waals surface area contributed by atoms with Crippen molar-refractivity contribution in [2.75, 3.05) is 7.11 Å². The number of benzene rings is 3. The van der Waals surface area contributed by atoms with Crippen LogP contribution < -0.4 is 10.3 Å². The first-order valence-corrected chi connectivity index (χ1v) is 9.36. The van der Waals surface area contributed by atoms with Crippen molar-refractivity contribution in [2.24, 2.45) is 0 Å². The topological polar surface area (TPSA) is 61.2 Å². The molecule has 0 N–H and O–H groups in total. The molecule has 0 spiro atoms. The number of hydrogen-bond acceptors (Lipinski definition) is 4. The average molecular weight is 384 g/mol. The van der Waals surface area contributed by atoms with Crippen LogP contribution in [0.3, 0.4) is 0 Å². The zero-order valence-electron chi connectivity index (χ0n) is 16.0. The number of rotatable bonds is 6. The van der Waals surface area contributed by atoms with E-state index in [1.807, 2.05) is 54.6 Å². The molecule has 3 aromatic carbocycles. The van der Waals surface area contributed by atoms with E-state index in [0.717, 1.165) is 34.1 Å². The Morgan fingerprint density at radius 1 is 0.966 bits per heavy atom. The van der Waals surface area contributed by atoms with Crippen molar-refractivity contribution in [1.82, 2.24) is 9.78 Å². The van der Waals surface area contributed by atoms with Gasteiger partial charge in [0, 0.05) is 17.5 Å². The molecule has 0 saturated carbocycles. The number of fused-ring (bicyclic) bond motifs is 1. The van der Waals surface area contributed by atoms with Gasteiger partial charge in [-0.2, -0.15) is 5.10 Å². The number of aldehydes is 1. The molecule has 4 aromatic rings. The molecule has 5 heteroatoms. The van der Waals surface area contributed by atoms with E-state index in [1.54, 1.807) is 25.4 Å². The molecule has 5 nitrogen and oxygen atoms in total. The van der Waals surface area contributed by atoms with Gasteiger partial charge in [-0.05, 0) is 47.4 Å². The first kappa shape index (κ1) is 18.6. The number of methoxy groups -OCH3 is 1. The van der Waals surface area contributed by atoms with Crippen molar-refractivity contribution in [3.05, 3.63) is 94.4 Å². The van der Waals surface area contributed by atoms with Crippen molar-refractivity contribution in [3.63, 3.8) is 0 Å². The fourth-order valence-electron chi connectivity index (χ4n) is 3.31. The Balaban J connectivity index is 1.58. The predicted molar refractivity (Wildman–Crippen MR) is 114 cm³/mol. The summed E-state index contributed by atoms with van der Waals surface area (Å²) in [6.07, 6.45) is 3.22. The van der Waals surface area contributed by atoms with Gasteiger partial charge in [0.1, 0.15) is 12.0 Å². The molecule has 144 valence electrons. The van der Waals surface area contributed by atoms with Crippen LogP contribution in [0, 0.1) is 0 Å². The van der Waals surface area contributed by atoms with Gasteiger partial charge >= 0.3 is 0 Å². The highest BCUT2D eigenvalue weighted by Crippen LogP contribution is 2.24. The minimum Gasteiger partial charge on any atom is -0.497 e. The summed E-state index contributed by atoms with van der Waals surface area (Å²) in [5.74, 6) is 0.805. The SMILES string of the molecule is COc1ccc(-c2ccc3c(=O)n(CCc4ccc(C=O)cc4)ncc3c2)cc1. The second-order valence-electron chi connectivity index (χ2n) is 6.81. The lowest BCUT2D eigenvalue weighted by Crippen LogP contribution is -2.23. The van der Waals surface area contributed by atoms with E-state index in [1.165, 1.54) is 4.68 Å². The highest BCUT2D eigenvalue weighted by molar-refractivity contribution is 5.86. The minimum absolute atomic E-state index is 0.103. The van der Waals surface area contributed by atoms with E-state index in [-0.39, 0.29) is 5.56 Å². The summed E-state index contributed by atoms with van der Waals surface area (Å²) in [5.41, 5.74) is 3.67. The van der Waals surface area contributed by atoms with Crippen LogP contribution in [0.25, 0.3) is 21.9 Å². The summed E-state index contributed by atoms with van der Waals surface area (Å²) in [5, 5.41) is 5.81. The second kappa shape index (κ2) is 8.10. The van der Waals surface area contributed by atoms with Crippen molar-refractivity contribution in [1.29, 1.82) is 0 Å². The quantitative estimate of drug-likeness (QED) is 0.469. The normalized spacial score (nSPS) is 10.8. The molecule has 0 unspecified atom stereocenters. The smallest absolute Gasteiger partial charge is 0.274 e. The Morgan fingerprint density at radius 2 is 1.69 bits per heavy atom. The number of aromatic nitrogens is 2. The lowest BCUT2D eigenvalue weighted by molar-refractivity contribution is 0.112. The third-order valence-electron chi connectivity index (χ3n) is 5.00. The summed E-state index contributed by atoms with van der Waals surface area (Å²) in [6.45, 7) is 0.482. The first-order valence-electron chi connectivity index (χ1n) is 9.36. The van der Waals surface area contributed by atoms with E-state index in [0.29, 0.717) is 23.9 Å². The third-order valence-corrected chi connectivity index (χ3v) is 5.00. The number of ether oxygens (including phenoxy) is 1. The van der Waals surface area contributed by atoms with Gasteiger partial charge < -0.3 is 4.74 Å². The van der Waals surface area contributed by atoms with Crippen molar-refractivity contribution >= 4 is 17.1 Å². The van der Waals surface area contributed by atoms with Gasteiger partial charge in [-0.15, -0.1) is 0 Å². The number of nitrogens with zero attached hydrogens (tertiary/aromatic N) is 2. The van der Waals surface area contributed by atoms with E-state index in [9.17, 15) is 9.59 Å². The zero-order chi connectivity index (χ0) is 20.2. The second-order valence-corrected chi connectivity index (χ2v) is 6.81. The Labute approximate surface area is 168 Å². The van der Waals surface area contributed by atoms with Crippen LogP contribution in [-0.2, 0) is 13.0 Å². The van der Waals surface area contributed by atoms with Gasteiger partial charge in [0.25, 0.3) is 5.56 Å². The van der Waals surface area contributed by atoms with Gasteiger partial charge in [-0.1, -0.05) is 42.5 Å². The molecule has 1 heterocycles. The number of aryl methyl sites for hydroxylation is 2. The van der Waals surface area contributed by atoms with Gasteiger partial charge in [0.2, 0.25) is 0 Å². The fourth-order valence-corrected chi connectivity index (χ4v) is 3.31. The van der Waals surface area contributed by atoms with Crippen LogP contribution in [0.2, 0.25) is 0 Å². The Morgan fingerprint density at radius 3 is 2.38 bits per heavy atom. The van der Waals surface area contributed by atoms with Crippen molar-refractivity contribution in [3.8, 4) is 16.9 Å². The fraction of sp³-hybridized carbons (Fsp3) is 0.125. The van der Waals surface area contributed by atoms with Crippen molar-refractivity contribution < 1.29 is 9.53 Å². The molecule has 0 aliphatic heterocycles. The van der Waals surface area contributed by atoms with E-state index >= 15 is 0 Å². The Kier molecular flexibility index (Phi) is 5.20. The molecule has 0 atom stereocenters. The average Bonchev–Trinajstić information content (AvgIpc) is 2.79. The van der Waals surface area contributed by atoms with Gasteiger partial charge in [-0.25, -0.2) is 4.68 Å². The van der Waals surface area contributed by atoms with Gasteiger partial charge in [-0.3, -0.25) is 9.59 Å². The summed E-state index contributed by atoms with van der Waals surface area (Å²) >= 11 is 0. The van der Waals surface area contributed by atoms with Crippen LogP contribution >= 0.6 is 0 Å². The molecule has 4 rings (SSSR count). The summed E-state index contributed by atoms with van der Waals surface area (Å²) < 4.78 is 6.69. The lowest BCUT2D eigenvalue weighted by atomic mass is 10.0. The standard InChI is InChI=1S/C24H20N2O3/c1-29-22-9-6-19(7-10-22)20-8-11-23-21(14-20)15-25-26(24(23)28)13-12-17-2-4-18(16-27)5-3-17/h2-11,14-16H,12-13H2,1H3. The molecule has 1 aromatic heterocycles. The van der Waals surface area contributed by atoms with E-state index in [4.69, 9.17) is 4.74 Å². The van der Waals surface area contributed by atoms with Crippen LogP contribution in [0.15, 0.2) is 77.7 Å². The molecular weight excluding hydrogens is 364 g/mol. The Bertz CT molecular complexity index is 1210. The number of carbonyl (C=O) groups is 1. The van der Waals surface area contributed by atoms with Gasteiger partial charge in [0.05, 0.1) is 18.7 Å². The monoisotopic (exact) mass is 384 g/mol. The van der Waals surface area contributed by atoms with Gasteiger partial charge in [0.15, 0.2) is 0 Å². The highest BCUT2D eigenvalue weighted by atomic mass is 16.5. The zero-order valence-corrected chi connectivity index (χ0v) is 16.0. The highest BCUT2D eigenvalue weighted by Gasteiger charge is 2.07. The Hall–Kier alpha value is -3.73. The molecule has 0 fully saturated rings. The molecule has 0 aliphatic rings. The molecule has 0 bridgehead atoms. The summed E-state index contributed by atoms with van der Waals surface area (Å²) in [7, 11) is 1.64. The first-order chi connectivity index (χ1) is 14.2. The van der Waals surface area contributed by atoms with Crippen LogP contribution in [-0.4, -0.2) is 23.2 Å². The third kappa shape index (κ3) is 3.94. The predicted octanol–water partition coefficient (Wildman–Crippen LogP) is 4.13. The largest absolute Gasteiger partial charge is 0.497 e. The van der Waals surface area contributed by atoms with Crippen molar-refractivity contribution in [2.45, 2.75) is 13.0 Å². The van der Waals surface area contributed by atoms with Crippen LogP contribution in [0.4, 0.5) is 0 Å². The number of carbonyl (C=O) groups excluding carboxylic acids is 1. The summed E-state index contributed by atoms with van der Waals surface area (Å²) in [4.78, 5) is 23.6. The van der Waals surface area contributed by atoms with Crippen LogP contribution in [0.5, 0.6) is 5.75 Å². The summed E-state index contributed by atoms with van der Waals surface area (Å²) in [6, 6.07) is 21.0. The maximum atomic E-state index is 12.8. The molecule has 0 saturated heterocycles. The molecule has 0 aliphatic carbocycles. The van der Waals surface area contributed by atoms with E-state index in [2.05, 4.69) is 5.10 Å². The lowest BCUT2D eigenvalue weighted by Gasteiger charge is -2.08. The molecule has 29 heavy (non-hydrogen) atoms. The maximum Gasteiger partial charge on any atom is 0.274 e. The number of hydrogen-bond donors (Lipinski definition) is 0.